The molecule has 2 aliphatic carbocycles. The lowest BCUT2D eigenvalue weighted by Gasteiger charge is -2.27. The van der Waals surface area contributed by atoms with Crippen molar-refractivity contribution >= 4 is 44.0 Å². The number of nitrogens with zero attached hydrogens (tertiary/aromatic N) is 3. The van der Waals surface area contributed by atoms with Gasteiger partial charge in [-0.15, -0.1) is 0 Å². The van der Waals surface area contributed by atoms with Gasteiger partial charge in [0, 0.05) is 45.5 Å². The maximum Gasteiger partial charge on any atom is 0.270 e. The standard InChI is InChI=1S/C33H50N6O4S2/c1-22-29(23(2)39(38-22)21-43-18-20-45(4,5)6)24-11-13-27(14-12-24)36-33(41)31(30(25-7-8-25)26-9-10-26)37-32(40)28(15-16-34)35-17-19-44(3)42/h11-16,25-26,30-31H,7-10,17-21,34H2,1-6H3,(H,36,41)(H,37,40). The molecule has 2 unspecified atom stereocenters. The molecule has 10 nitrogen and oxygen atoms in total. The Bertz CT molecular complexity index is 1410. The topological polar surface area (TPSA) is 141 Å². The first-order chi connectivity index (χ1) is 21.4. The third-order valence-electron chi connectivity index (χ3n) is 8.31. The van der Waals surface area contributed by atoms with Gasteiger partial charge < -0.3 is 21.1 Å². The predicted octanol–water partition coefficient (Wildman–Crippen LogP) is 3.99. The molecule has 12 heteroatoms. The SMILES string of the molecule is Cc1nn(COCCS(C)(C)C)c(C)c1-c1ccc(NC(=O)C(NC(=O)C(C=CN)=NCCS(C)=O)C(C2CC2)C2CC2)cc1. The number of aromatic nitrogens is 2. The molecule has 1 heterocycles. The number of hydrogen-bond acceptors (Lipinski definition) is 7. The quantitative estimate of drug-likeness (QED) is 0.174. The summed E-state index contributed by atoms with van der Waals surface area (Å²) in [6, 6.07) is 7.06. The molecule has 2 fully saturated rings. The fraction of sp³-hybridized carbons (Fsp3) is 0.576. The van der Waals surface area contributed by atoms with E-state index in [0.717, 1.165) is 54.0 Å². The lowest BCUT2D eigenvalue weighted by molar-refractivity contribution is -0.124. The molecule has 0 spiro atoms. The van der Waals surface area contributed by atoms with Gasteiger partial charge in [0.1, 0.15) is 18.5 Å². The Morgan fingerprint density at radius 2 is 1.80 bits per heavy atom. The van der Waals surface area contributed by atoms with Crippen LogP contribution in [0.2, 0.25) is 0 Å². The van der Waals surface area contributed by atoms with Crippen LogP contribution >= 0.6 is 10.0 Å². The van der Waals surface area contributed by atoms with Gasteiger partial charge in [0.2, 0.25) is 5.91 Å². The number of amides is 2. The summed E-state index contributed by atoms with van der Waals surface area (Å²) >= 11 is 0. The summed E-state index contributed by atoms with van der Waals surface area (Å²) in [5, 5.41) is 10.8. The van der Waals surface area contributed by atoms with Crippen molar-refractivity contribution in [2.24, 2.45) is 28.5 Å². The summed E-state index contributed by atoms with van der Waals surface area (Å²) in [6.45, 7) is 5.40. The average molecular weight is 659 g/mol. The first-order valence-electron chi connectivity index (χ1n) is 15.6. The number of carbonyl (C=O) groups is 2. The molecule has 0 saturated heterocycles. The van der Waals surface area contributed by atoms with Crippen LogP contribution in [0.15, 0.2) is 41.5 Å². The van der Waals surface area contributed by atoms with Crippen molar-refractivity contribution in [1.29, 1.82) is 0 Å². The number of nitrogens with two attached hydrogens (primary N) is 1. The van der Waals surface area contributed by atoms with Crippen LogP contribution in [0.1, 0.15) is 37.1 Å². The van der Waals surface area contributed by atoms with E-state index in [4.69, 9.17) is 15.6 Å². The Balaban J connectivity index is 1.47. The maximum atomic E-state index is 13.8. The van der Waals surface area contributed by atoms with E-state index in [9.17, 15) is 13.8 Å². The predicted molar refractivity (Wildman–Crippen MR) is 187 cm³/mol. The van der Waals surface area contributed by atoms with Crippen LogP contribution in [0.5, 0.6) is 0 Å². The molecule has 2 saturated carbocycles. The smallest absolute Gasteiger partial charge is 0.270 e. The normalized spacial score (nSPS) is 17.4. The molecule has 0 bridgehead atoms. The molecule has 2 aliphatic rings. The first kappa shape index (κ1) is 34.9. The number of aliphatic imine (C=N–C) groups is 1. The first-order valence-corrected chi connectivity index (χ1v) is 20.4. The molecule has 45 heavy (non-hydrogen) atoms. The van der Waals surface area contributed by atoms with Crippen molar-refractivity contribution in [3.8, 4) is 11.1 Å². The number of aryl methyl sites for hydroxylation is 1. The Labute approximate surface area is 271 Å². The minimum absolute atomic E-state index is 0.0719. The van der Waals surface area contributed by atoms with Crippen LogP contribution < -0.4 is 16.4 Å². The Hall–Kier alpha value is -2.96. The molecule has 1 aromatic carbocycles. The van der Waals surface area contributed by atoms with Crippen LogP contribution in [0.4, 0.5) is 5.69 Å². The number of hydrogen-bond donors (Lipinski definition) is 3. The molecular formula is C33H50N6O4S2. The van der Waals surface area contributed by atoms with Gasteiger partial charge in [0.25, 0.3) is 5.91 Å². The highest BCUT2D eigenvalue weighted by Crippen LogP contribution is 2.51. The maximum absolute atomic E-state index is 13.8. The zero-order chi connectivity index (χ0) is 32.7. The summed E-state index contributed by atoms with van der Waals surface area (Å²) in [6.07, 6.45) is 15.4. The van der Waals surface area contributed by atoms with Gasteiger partial charge in [-0.2, -0.15) is 5.10 Å². The summed E-state index contributed by atoms with van der Waals surface area (Å²) in [7, 11) is -1.64. The molecule has 0 radical (unpaired) electrons. The molecule has 2 amide bonds. The van der Waals surface area contributed by atoms with Crippen LogP contribution in [0.25, 0.3) is 11.1 Å². The number of rotatable bonds is 17. The molecule has 1 aromatic heterocycles. The van der Waals surface area contributed by atoms with Gasteiger partial charge in [-0.25, -0.2) is 14.7 Å². The summed E-state index contributed by atoms with van der Waals surface area (Å²) in [5.74, 6) is 1.62. The van der Waals surface area contributed by atoms with Crippen molar-refractivity contribution < 1.29 is 18.5 Å². The highest BCUT2D eigenvalue weighted by atomic mass is 32.3. The Morgan fingerprint density at radius 3 is 2.36 bits per heavy atom. The molecular weight excluding hydrogens is 609 g/mol. The van der Waals surface area contributed by atoms with Crippen molar-refractivity contribution in [2.75, 3.05) is 55.0 Å². The Morgan fingerprint density at radius 1 is 1.16 bits per heavy atom. The van der Waals surface area contributed by atoms with Gasteiger partial charge >= 0.3 is 0 Å². The van der Waals surface area contributed by atoms with Crippen molar-refractivity contribution in [1.82, 2.24) is 15.1 Å². The van der Waals surface area contributed by atoms with Gasteiger partial charge in [0.15, 0.2) is 0 Å². The lowest BCUT2D eigenvalue weighted by Crippen LogP contribution is -2.51. The van der Waals surface area contributed by atoms with Crippen molar-refractivity contribution in [3.63, 3.8) is 0 Å². The highest BCUT2D eigenvalue weighted by Gasteiger charge is 2.48. The van der Waals surface area contributed by atoms with E-state index in [1.807, 2.05) is 42.8 Å². The van der Waals surface area contributed by atoms with E-state index in [1.54, 1.807) is 6.26 Å². The van der Waals surface area contributed by atoms with E-state index in [2.05, 4.69) is 34.4 Å². The van der Waals surface area contributed by atoms with Crippen LogP contribution in [0, 0.1) is 31.6 Å². The summed E-state index contributed by atoms with van der Waals surface area (Å²) in [4.78, 5) is 31.5. The van der Waals surface area contributed by atoms with E-state index in [1.165, 1.54) is 12.3 Å². The van der Waals surface area contributed by atoms with E-state index < -0.39 is 32.8 Å². The number of benzene rings is 1. The third-order valence-corrected chi connectivity index (χ3v) is 10.5. The van der Waals surface area contributed by atoms with Crippen LogP contribution in [-0.2, 0) is 31.9 Å². The number of carbonyl (C=O) groups excluding carboxylic acids is 2. The second-order valence-electron chi connectivity index (χ2n) is 13.1. The molecule has 248 valence electrons. The zero-order valence-electron chi connectivity index (χ0n) is 27.5. The fourth-order valence-electron chi connectivity index (χ4n) is 5.67. The van der Waals surface area contributed by atoms with Crippen molar-refractivity contribution in [3.05, 3.63) is 47.9 Å². The minimum atomic E-state index is -1.03. The van der Waals surface area contributed by atoms with Gasteiger partial charge in [-0.1, -0.05) is 12.1 Å². The van der Waals surface area contributed by atoms with Gasteiger partial charge in [0.05, 0.1) is 18.8 Å². The zero-order valence-corrected chi connectivity index (χ0v) is 29.1. The van der Waals surface area contributed by atoms with E-state index in [-0.39, 0.29) is 24.1 Å². The van der Waals surface area contributed by atoms with Crippen molar-refractivity contribution in [2.45, 2.75) is 52.3 Å². The van der Waals surface area contributed by atoms with Gasteiger partial charge in [-0.3, -0.25) is 18.8 Å². The minimum Gasteiger partial charge on any atom is -0.405 e. The monoisotopic (exact) mass is 658 g/mol. The highest BCUT2D eigenvalue weighted by molar-refractivity contribution is 8.32. The fourth-order valence-corrected chi connectivity index (χ4v) is 6.64. The van der Waals surface area contributed by atoms with E-state index in [0.29, 0.717) is 36.6 Å². The number of nitrogens with one attached hydrogen (secondary N) is 2. The Kier molecular flexibility index (Phi) is 12.1. The lowest BCUT2D eigenvalue weighted by atomic mass is 9.88. The molecule has 4 N–H and O–H groups in total. The second kappa shape index (κ2) is 15.6. The molecule has 2 aromatic rings. The summed E-state index contributed by atoms with van der Waals surface area (Å²) in [5.41, 5.74) is 10.4. The molecule has 0 aliphatic heterocycles. The largest absolute Gasteiger partial charge is 0.405 e. The summed E-state index contributed by atoms with van der Waals surface area (Å²) < 4.78 is 19.3. The number of anilines is 1. The van der Waals surface area contributed by atoms with Crippen LogP contribution in [0.3, 0.4) is 0 Å². The van der Waals surface area contributed by atoms with Crippen LogP contribution in [-0.4, -0.2) is 87.2 Å². The molecule has 4 rings (SSSR count). The molecule has 2 atom stereocenters. The second-order valence-corrected chi connectivity index (χ2v) is 19.2. The van der Waals surface area contributed by atoms with Gasteiger partial charge in [-0.05, 0) is 106 Å². The van der Waals surface area contributed by atoms with E-state index >= 15 is 0 Å². The average Bonchev–Trinajstić information content (AvgIpc) is 3.90. The third kappa shape index (κ3) is 10.3. The number of ether oxygens (including phenoxy) is 1.